The predicted molar refractivity (Wildman–Crippen MR) is 86.7 cm³/mol. The highest BCUT2D eigenvalue weighted by molar-refractivity contribution is 9.10. The highest BCUT2D eigenvalue weighted by Crippen LogP contribution is 2.24. The molecule has 0 aromatic heterocycles. The summed E-state index contributed by atoms with van der Waals surface area (Å²) in [5, 5.41) is 2.69. The van der Waals surface area contributed by atoms with Gasteiger partial charge in [-0.1, -0.05) is 29.8 Å². The molecule has 0 radical (unpaired) electrons. The highest BCUT2D eigenvalue weighted by Gasteiger charge is 2.29. The first-order valence-corrected chi connectivity index (χ1v) is 8.16. The first-order chi connectivity index (χ1) is 9.86. The van der Waals surface area contributed by atoms with Crippen LogP contribution >= 0.6 is 15.9 Å². The van der Waals surface area contributed by atoms with Crippen molar-refractivity contribution >= 4 is 27.5 Å². The molecule has 0 bridgehead atoms. The molecule has 1 aliphatic heterocycles. The van der Waals surface area contributed by atoms with Gasteiger partial charge in [-0.05, 0) is 43.4 Å². The standard InChI is InChI=1S/C16H22BrFN2O/c1-10-6-11(2)9-20(8-10)12(3)16(21)19-15-5-4-13(17)7-14(15)18/h4-5,7,10-12H,6,8-9H2,1-3H3,(H,19,21)/t10-,11-,12-/m0/s1. The molecule has 3 atom stereocenters. The van der Waals surface area contributed by atoms with Crippen LogP contribution in [0.1, 0.15) is 27.2 Å². The Balaban J connectivity index is 2.02. The van der Waals surface area contributed by atoms with Gasteiger partial charge in [0.25, 0.3) is 0 Å². The monoisotopic (exact) mass is 356 g/mol. The van der Waals surface area contributed by atoms with Crippen LogP contribution in [0.5, 0.6) is 0 Å². The molecule has 1 aromatic rings. The summed E-state index contributed by atoms with van der Waals surface area (Å²) in [6.45, 7) is 8.14. The number of benzene rings is 1. The Morgan fingerprint density at radius 2 is 2.00 bits per heavy atom. The van der Waals surface area contributed by atoms with Crippen molar-refractivity contribution in [2.75, 3.05) is 18.4 Å². The molecular weight excluding hydrogens is 335 g/mol. The average molecular weight is 357 g/mol. The number of amides is 1. The van der Waals surface area contributed by atoms with Crippen molar-refractivity contribution in [3.8, 4) is 0 Å². The summed E-state index contributed by atoms with van der Waals surface area (Å²) in [4.78, 5) is 14.5. The van der Waals surface area contributed by atoms with Crippen molar-refractivity contribution < 1.29 is 9.18 Å². The van der Waals surface area contributed by atoms with Gasteiger partial charge in [0.2, 0.25) is 5.91 Å². The molecule has 1 N–H and O–H groups in total. The van der Waals surface area contributed by atoms with Crippen molar-refractivity contribution in [1.82, 2.24) is 4.90 Å². The van der Waals surface area contributed by atoms with Crippen LogP contribution in [0.25, 0.3) is 0 Å². The number of piperidine rings is 1. The van der Waals surface area contributed by atoms with Gasteiger partial charge >= 0.3 is 0 Å². The maximum atomic E-state index is 13.8. The van der Waals surface area contributed by atoms with E-state index in [1.807, 2.05) is 6.92 Å². The summed E-state index contributed by atoms with van der Waals surface area (Å²) in [5.74, 6) is 0.602. The number of nitrogens with one attached hydrogen (secondary N) is 1. The van der Waals surface area contributed by atoms with Gasteiger partial charge in [0, 0.05) is 17.6 Å². The fourth-order valence-corrected chi connectivity index (χ4v) is 3.35. The van der Waals surface area contributed by atoms with E-state index in [1.165, 1.54) is 12.5 Å². The molecule has 5 heteroatoms. The number of hydrogen-bond donors (Lipinski definition) is 1. The Labute approximate surface area is 134 Å². The Bertz CT molecular complexity index is 513. The molecule has 0 spiro atoms. The molecule has 0 saturated carbocycles. The zero-order valence-corrected chi connectivity index (χ0v) is 14.3. The molecule has 21 heavy (non-hydrogen) atoms. The molecule has 1 aliphatic rings. The lowest BCUT2D eigenvalue weighted by atomic mass is 9.91. The lowest BCUT2D eigenvalue weighted by Crippen LogP contribution is -2.48. The number of halogens is 2. The highest BCUT2D eigenvalue weighted by atomic mass is 79.9. The van der Waals surface area contributed by atoms with E-state index in [9.17, 15) is 9.18 Å². The Morgan fingerprint density at radius 3 is 2.57 bits per heavy atom. The maximum absolute atomic E-state index is 13.8. The summed E-state index contributed by atoms with van der Waals surface area (Å²) >= 11 is 3.21. The predicted octanol–water partition coefficient (Wildman–Crippen LogP) is 3.89. The van der Waals surface area contributed by atoms with Crippen LogP contribution in [0, 0.1) is 17.7 Å². The minimum absolute atomic E-state index is 0.155. The zero-order valence-electron chi connectivity index (χ0n) is 12.7. The van der Waals surface area contributed by atoms with Crippen molar-refractivity contribution in [3.05, 3.63) is 28.5 Å². The molecule has 116 valence electrons. The van der Waals surface area contributed by atoms with E-state index in [1.54, 1.807) is 12.1 Å². The summed E-state index contributed by atoms with van der Waals surface area (Å²) in [6.07, 6.45) is 1.20. The number of carbonyl (C=O) groups is 1. The van der Waals surface area contributed by atoms with E-state index in [0.29, 0.717) is 16.3 Å². The quantitative estimate of drug-likeness (QED) is 0.890. The Kier molecular flexibility index (Phi) is 5.38. The smallest absolute Gasteiger partial charge is 0.241 e. The number of hydrogen-bond acceptors (Lipinski definition) is 2. The molecule has 0 unspecified atom stereocenters. The van der Waals surface area contributed by atoms with Gasteiger partial charge in [-0.15, -0.1) is 0 Å². The normalized spacial score (nSPS) is 24.6. The van der Waals surface area contributed by atoms with Crippen LogP contribution in [0.15, 0.2) is 22.7 Å². The lowest BCUT2D eigenvalue weighted by Gasteiger charge is -2.38. The molecule has 3 nitrogen and oxygen atoms in total. The summed E-state index contributed by atoms with van der Waals surface area (Å²) < 4.78 is 14.4. The molecule has 0 aliphatic carbocycles. The third-order valence-electron chi connectivity index (χ3n) is 4.01. The van der Waals surface area contributed by atoms with Crippen LogP contribution in [0.4, 0.5) is 10.1 Å². The van der Waals surface area contributed by atoms with Gasteiger partial charge < -0.3 is 5.32 Å². The van der Waals surface area contributed by atoms with Gasteiger partial charge in [0.1, 0.15) is 5.82 Å². The van der Waals surface area contributed by atoms with E-state index in [-0.39, 0.29) is 17.6 Å². The minimum Gasteiger partial charge on any atom is -0.322 e. The van der Waals surface area contributed by atoms with Gasteiger partial charge in [0.15, 0.2) is 0 Å². The van der Waals surface area contributed by atoms with Gasteiger partial charge in [-0.25, -0.2) is 4.39 Å². The Hall–Kier alpha value is -0.940. The number of carbonyl (C=O) groups excluding carboxylic acids is 1. The van der Waals surface area contributed by atoms with E-state index in [2.05, 4.69) is 40.0 Å². The topological polar surface area (TPSA) is 32.3 Å². The van der Waals surface area contributed by atoms with E-state index in [4.69, 9.17) is 0 Å². The van der Waals surface area contributed by atoms with Gasteiger partial charge in [-0.3, -0.25) is 9.69 Å². The number of nitrogens with zero attached hydrogens (tertiary/aromatic N) is 1. The molecule has 1 fully saturated rings. The van der Waals surface area contributed by atoms with Crippen LogP contribution in [-0.4, -0.2) is 29.9 Å². The Morgan fingerprint density at radius 1 is 1.38 bits per heavy atom. The number of anilines is 1. The van der Waals surface area contributed by atoms with E-state index in [0.717, 1.165) is 13.1 Å². The van der Waals surface area contributed by atoms with Crippen LogP contribution in [0.3, 0.4) is 0 Å². The SMILES string of the molecule is C[C@H]1C[C@H](C)CN([C@@H](C)C(=O)Nc2ccc(Br)cc2F)C1. The van der Waals surface area contributed by atoms with Crippen molar-refractivity contribution in [3.63, 3.8) is 0 Å². The molecule has 1 saturated heterocycles. The van der Waals surface area contributed by atoms with Crippen LogP contribution < -0.4 is 5.32 Å². The molecule has 1 amide bonds. The van der Waals surface area contributed by atoms with E-state index >= 15 is 0 Å². The number of likely N-dealkylation sites (tertiary alicyclic amines) is 1. The average Bonchev–Trinajstić information content (AvgIpc) is 2.40. The molecular formula is C16H22BrFN2O. The first-order valence-electron chi connectivity index (χ1n) is 7.36. The third-order valence-corrected chi connectivity index (χ3v) is 4.51. The third kappa shape index (κ3) is 4.27. The van der Waals surface area contributed by atoms with E-state index < -0.39 is 5.82 Å². The molecule has 1 heterocycles. The molecule has 2 rings (SSSR count). The fourth-order valence-electron chi connectivity index (χ4n) is 3.02. The second-order valence-electron chi connectivity index (χ2n) is 6.19. The second kappa shape index (κ2) is 6.88. The lowest BCUT2D eigenvalue weighted by molar-refractivity contribution is -0.121. The largest absolute Gasteiger partial charge is 0.322 e. The first kappa shape index (κ1) is 16.4. The summed E-state index contributed by atoms with van der Waals surface area (Å²) in [7, 11) is 0. The summed E-state index contributed by atoms with van der Waals surface area (Å²) in [5.41, 5.74) is 0.230. The van der Waals surface area contributed by atoms with Crippen molar-refractivity contribution in [1.29, 1.82) is 0 Å². The van der Waals surface area contributed by atoms with Crippen molar-refractivity contribution in [2.24, 2.45) is 11.8 Å². The number of rotatable bonds is 3. The summed E-state index contributed by atoms with van der Waals surface area (Å²) in [6, 6.07) is 4.39. The van der Waals surface area contributed by atoms with Crippen molar-refractivity contribution in [2.45, 2.75) is 33.2 Å². The maximum Gasteiger partial charge on any atom is 0.241 e. The minimum atomic E-state index is -0.426. The van der Waals surface area contributed by atoms with Crippen LogP contribution in [0.2, 0.25) is 0 Å². The van der Waals surface area contributed by atoms with Gasteiger partial charge in [0.05, 0.1) is 11.7 Å². The zero-order chi connectivity index (χ0) is 15.6. The van der Waals surface area contributed by atoms with Crippen LogP contribution in [-0.2, 0) is 4.79 Å². The molecule has 1 aromatic carbocycles. The second-order valence-corrected chi connectivity index (χ2v) is 7.11. The van der Waals surface area contributed by atoms with Gasteiger partial charge in [-0.2, -0.15) is 0 Å². The fraction of sp³-hybridized carbons (Fsp3) is 0.562.